The number of carbonyl (C=O) groups is 2. The average Bonchev–Trinajstić information content (AvgIpc) is 2.77. The van der Waals surface area contributed by atoms with Gasteiger partial charge in [-0.3, -0.25) is 0 Å². The number of hydrogen-bond donors (Lipinski definition) is 1. The number of carboxylic acid groups (broad SMARTS) is 1. The molecule has 0 saturated carbocycles. The first-order valence-corrected chi connectivity index (χ1v) is 10.6. The van der Waals surface area contributed by atoms with Crippen molar-refractivity contribution in [1.29, 1.82) is 0 Å². The summed E-state index contributed by atoms with van der Waals surface area (Å²) in [7, 11) is 0. The summed E-state index contributed by atoms with van der Waals surface area (Å²) < 4.78 is 48.9. The van der Waals surface area contributed by atoms with Crippen molar-refractivity contribution in [2.75, 3.05) is 13.1 Å². The Kier molecular flexibility index (Phi) is 7.19. The molecule has 0 unspecified atom stereocenters. The number of amides is 1. The zero-order valence-electron chi connectivity index (χ0n) is 18.4. The van der Waals surface area contributed by atoms with Crippen molar-refractivity contribution in [2.45, 2.75) is 51.0 Å². The zero-order chi connectivity index (χ0) is 24.2. The van der Waals surface area contributed by atoms with Crippen molar-refractivity contribution in [1.82, 2.24) is 4.90 Å². The second-order valence-electron chi connectivity index (χ2n) is 8.52. The van der Waals surface area contributed by atoms with Crippen LogP contribution in [0.2, 0.25) is 0 Å². The van der Waals surface area contributed by atoms with E-state index in [1.807, 2.05) is 6.07 Å². The van der Waals surface area contributed by atoms with E-state index >= 15 is 0 Å². The van der Waals surface area contributed by atoms with Crippen LogP contribution in [0.15, 0.2) is 48.5 Å². The lowest BCUT2D eigenvalue weighted by atomic mass is 9.90. The number of carbonyl (C=O) groups excluding carboxylic acids is 1. The largest absolute Gasteiger partial charge is 0.478 e. The van der Waals surface area contributed by atoms with Crippen molar-refractivity contribution in [3.8, 4) is 5.75 Å². The number of ether oxygens (including phenoxy) is 2. The van der Waals surface area contributed by atoms with Crippen LogP contribution in [0.4, 0.5) is 18.0 Å². The van der Waals surface area contributed by atoms with Gasteiger partial charge in [0, 0.05) is 19.0 Å². The molecule has 2 aromatic rings. The number of nitrogens with zero attached hydrogens (tertiary/aromatic N) is 1. The number of hydrogen-bond acceptors (Lipinski definition) is 4. The van der Waals surface area contributed by atoms with E-state index in [0.717, 1.165) is 30.5 Å². The van der Waals surface area contributed by atoms with Gasteiger partial charge in [-0.05, 0) is 62.1 Å². The van der Waals surface area contributed by atoms with Gasteiger partial charge >= 0.3 is 18.2 Å². The number of halogens is 3. The Morgan fingerprint density at radius 1 is 1.12 bits per heavy atom. The quantitative estimate of drug-likeness (QED) is 0.613. The van der Waals surface area contributed by atoms with Crippen LogP contribution in [-0.2, 0) is 22.3 Å². The summed E-state index contributed by atoms with van der Waals surface area (Å²) in [6.07, 6.45) is -3.34. The topological polar surface area (TPSA) is 76.1 Å². The summed E-state index contributed by atoms with van der Waals surface area (Å²) in [6, 6.07) is 11.7. The minimum atomic E-state index is -4.41. The zero-order valence-corrected chi connectivity index (χ0v) is 18.4. The molecule has 1 aliphatic heterocycles. The van der Waals surface area contributed by atoms with E-state index in [4.69, 9.17) is 9.47 Å². The second-order valence-corrected chi connectivity index (χ2v) is 8.52. The highest BCUT2D eigenvalue weighted by Gasteiger charge is 2.31. The number of rotatable bonds is 6. The van der Waals surface area contributed by atoms with Crippen LogP contribution in [-0.4, -0.2) is 40.8 Å². The van der Waals surface area contributed by atoms with Crippen molar-refractivity contribution in [3.63, 3.8) is 0 Å². The molecule has 1 aliphatic rings. The van der Waals surface area contributed by atoms with Crippen molar-refractivity contribution >= 4 is 12.1 Å². The van der Waals surface area contributed by atoms with Gasteiger partial charge in [0.15, 0.2) is 5.60 Å². The van der Waals surface area contributed by atoms with Gasteiger partial charge in [-0.2, -0.15) is 13.2 Å². The minimum absolute atomic E-state index is 0.0221. The van der Waals surface area contributed by atoms with Gasteiger partial charge in [0.2, 0.25) is 0 Å². The predicted molar refractivity (Wildman–Crippen MR) is 114 cm³/mol. The molecule has 0 bridgehead atoms. The Labute approximate surface area is 189 Å². The van der Waals surface area contributed by atoms with Crippen LogP contribution in [0.1, 0.15) is 49.3 Å². The van der Waals surface area contributed by atoms with Crippen LogP contribution in [0, 0.1) is 0 Å². The average molecular weight is 465 g/mol. The van der Waals surface area contributed by atoms with Gasteiger partial charge in [0.25, 0.3) is 0 Å². The smallest absolute Gasteiger partial charge is 0.416 e. The SMILES string of the molecule is CC(C)(Oc1cccc([C@@H]2CCCN(C(=O)OCc3ccc(C(F)(F)F)cc3)C2)c1)C(=O)O. The maximum Gasteiger partial charge on any atom is 0.416 e. The molecular formula is C24H26F3NO5. The van der Waals surface area contributed by atoms with Gasteiger partial charge in [-0.25, -0.2) is 9.59 Å². The molecule has 1 fully saturated rings. The van der Waals surface area contributed by atoms with Crippen LogP contribution in [0.3, 0.4) is 0 Å². The number of aliphatic carboxylic acids is 1. The van der Waals surface area contributed by atoms with Crippen LogP contribution < -0.4 is 4.74 Å². The normalized spacial score (nSPS) is 16.9. The van der Waals surface area contributed by atoms with Crippen LogP contribution >= 0.6 is 0 Å². The Bertz CT molecular complexity index is 988. The lowest BCUT2D eigenvalue weighted by Crippen LogP contribution is -2.39. The molecule has 6 nitrogen and oxygen atoms in total. The van der Waals surface area contributed by atoms with E-state index in [1.54, 1.807) is 23.1 Å². The first-order chi connectivity index (χ1) is 15.5. The van der Waals surface area contributed by atoms with Gasteiger partial charge in [0.1, 0.15) is 12.4 Å². The Morgan fingerprint density at radius 2 is 1.82 bits per heavy atom. The lowest BCUT2D eigenvalue weighted by Gasteiger charge is -2.32. The van der Waals surface area contributed by atoms with Crippen molar-refractivity contribution in [3.05, 3.63) is 65.2 Å². The second kappa shape index (κ2) is 9.72. The summed E-state index contributed by atoms with van der Waals surface area (Å²) >= 11 is 0. The molecule has 1 saturated heterocycles. The van der Waals surface area contributed by atoms with E-state index in [1.165, 1.54) is 26.0 Å². The molecule has 33 heavy (non-hydrogen) atoms. The summed E-state index contributed by atoms with van der Waals surface area (Å²) in [6.45, 7) is 3.75. The fourth-order valence-electron chi connectivity index (χ4n) is 3.61. The summed E-state index contributed by atoms with van der Waals surface area (Å²) in [5.41, 5.74) is -0.738. The molecule has 0 aromatic heterocycles. The van der Waals surface area contributed by atoms with Crippen LogP contribution in [0.5, 0.6) is 5.75 Å². The minimum Gasteiger partial charge on any atom is -0.478 e. The highest BCUT2D eigenvalue weighted by atomic mass is 19.4. The first kappa shape index (κ1) is 24.4. The maximum absolute atomic E-state index is 12.7. The van der Waals surface area contributed by atoms with Crippen molar-refractivity contribution in [2.24, 2.45) is 0 Å². The number of likely N-dealkylation sites (tertiary alicyclic amines) is 1. The Hall–Kier alpha value is -3.23. The van der Waals surface area contributed by atoms with Crippen molar-refractivity contribution < 1.29 is 37.3 Å². The molecular weight excluding hydrogens is 439 g/mol. The third-order valence-electron chi connectivity index (χ3n) is 5.54. The van der Waals surface area contributed by atoms with Gasteiger partial charge < -0.3 is 19.5 Å². The molecule has 1 atom stereocenters. The highest BCUT2D eigenvalue weighted by Crippen LogP contribution is 2.31. The molecule has 0 aliphatic carbocycles. The Morgan fingerprint density at radius 3 is 2.45 bits per heavy atom. The summed E-state index contributed by atoms with van der Waals surface area (Å²) in [5.74, 6) is -0.622. The molecule has 0 spiro atoms. The maximum atomic E-state index is 12.7. The monoisotopic (exact) mass is 465 g/mol. The fourth-order valence-corrected chi connectivity index (χ4v) is 3.61. The number of carboxylic acids is 1. The lowest BCUT2D eigenvalue weighted by molar-refractivity contribution is -0.152. The van der Waals surface area contributed by atoms with Gasteiger partial charge in [-0.15, -0.1) is 0 Å². The van der Waals surface area contributed by atoms with E-state index in [-0.39, 0.29) is 12.5 Å². The first-order valence-electron chi connectivity index (χ1n) is 10.6. The third kappa shape index (κ3) is 6.40. The molecule has 178 valence electrons. The summed E-state index contributed by atoms with van der Waals surface area (Å²) in [5, 5.41) is 9.27. The molecule has 1 amide bonds. The standard InChI is InChI=1S/C24H26F3NO5/c1-23(2,21(29)30)33-20-7-3-5-17(13-20)18-6-4-12-28(14-18)22(31)32-15-16-8-10-19(11-9-16)24(25,26)27/h3,5,7-11,13,18H,4,6,12,14-15H2,1-2H3,(H,29,30)/t18-/m1/s1. The summed E-state index contributed by atoms with van der Waals surface area (Å²) in [4.78, 5) is 25.4. The third-order valence-corrected chi connectivity index (χ3v) is 5.54. The van der Waals surface area contributed by atoms with Gasteiger partial charge in [-0.1, -0.05) is 24.3 Å². The highest BCUT2D eigenvalue weighted by molar-refractivity contribution is 5.76. The number of benzene rings is 2. The van der Waals surface area contributed by atoms with E-state index in [9.17, 15) is 27.9 Å². The molecule has 1 N–H and O–H groups in total. The Balaban J connectivity index is 1.59. The fraction of sp³-hybridized carbons (Fsp3) is 0.417. The molecule has 9 heteroatoms. The van der Waals surface area contributed by atoms with E-state index in [0.29, 0.717) is 24.4 Å². The van der Waals surface area contributed by atoms with E-state index < -0.39 is 29.4 Å². The van der Waals surface area contributed by atoms with Crippen LogP contribution in [0.25, 0.3) is 0 Å². The predicted octanol–water partition coefficient (Wildman–Crippen LogP) is 5.46. The molecule has 2 aromatic carbocycles. The number of piperidine rings is 1. The number of alkyl halides is 3. The van der Waals surface area contributed by atoms with E-state index in [2.05, 4.69) is 0 Å². The molecule has 0 radical (unpaired) electrons. The molecule has 1 heterocycles. The van der Waals surface area contributed by atoms with Gasteiger partial charge in [0.05, 0.1) is 5.56 Å². The molecule has 3 rings (SSSR count).